The van der Waals surface area contributed by atoms with Crippen LogP contribution in [-0.2, 0) is 19.1 Å². The van der Waals surface area contributed by atoms with Gasteiger partial charge in [-0.05, 0) is 24.7 Å². The summed E-state index contributed by atoms with van der Waals surface area (Å²) < 4.78 is 10.9. The van der Waals surface area contributed by atoms with Gasteiger partial charge in [-0.3, -0.25) is 9.59 Å². The first-order valence-corrected chi connectivity index (χ1v) is 7.03. The number of fused-ring (bicyclic) bond motifs is 1. The van der Waals surface area contributed by atoms with Crippen molar-refractivity contribution in [3.63, 3.8) is 0 Å². The molecule has 0 aromatic carbocycles. The van der Waals surface area contributed by atoms with E-state index in [2.05, 4.69) is 13.8 Å². The van der Waals surface area contributed by atoms with Crippen LogP contribution >= 0.6 is 0 Å². The van der Waals surface area contributed by atoms with Crippen LogP contribution in [0.1, 0.15) is 33.1 Å². The van der Waals surface area contributed by atoms with E-state index < -0.39 is 11.0 Å². The van der Waals surface area contributed by atoms with Crippen LogP contribution in [0.5, 0.6) is 0 Å². The van der Waals surface area contributed by atoms with Crippen LogP contribution in [0.3, 0.4) is 0 Å². The molecule has 4 heteroatoms. The van der Waals surface area contributed by atoms with E-state index in [1.54, 1.807) is 7.11 Å². The van der Waals surface area contributed by atoms with E-state index in [0.29, 0.717) is 0 Å². The highest BCUT2D eigenvalue weighted by atomic mass is 16.5. The number of rotatable bonds is 2. The van der Waals surface area contributed by atoms with E-state index in [1.165, 1.54) is 7.11 Å². The molecule has 4 nitrogen and oxygen atoms in total. The van der Waals surface area contributed by atoms with Gasteiger partial charge in [-0.15, -0.1) is 0 Å². The molecule has 0 radical (unpaired) electrons. The van der Waals surface area contributed by atoms with Gasteiger partial charge >= 0.3 is 5.97 Å². The second-order valence-corrected chi connectivity index (χ2v) is 7.48. The van der Waals surface area contributed by atoms with E-state index >= 15 is 0 Å². The lowest BCUT2D eigenvalue weighted by Gasteiger charge is -2.49. The first-order valence-electron chi connectivity index (χ1n) is 7.03. The molecule has 19 heavy (non-hydrogen) atoms. The number of methoxy groups -OCH3 is 2. The third kappa shape index (κ3) is 0.817. The molecule has 0 heterocycles. The molecule has 5 rings (SSSR count). The first kappa shape index (κ1) is 11.9. The van der Waals surface area contributed by atoms with Crippen molar-refractivity contribution in [3.05, 3.63) is 0 Å². The summed E-state index contributed by atoms with van der Waals surface area (Å²) in [5.41, 5.74) is -1.50. The highest BCUT2D eigenvalue weighted by Gasteiger charge is 3.02. The van der Waals surface area contributed by atoms with Gasteiger partial charge < -0.3 is 9.47 Å². The van der Waals surface area contributed by atoms with Crippen molar-refractivity contribution in [2.24, 2.45) is 28.1 Å². The Morgan fingerprint density at radius 1 is 1.21 bits per heavy atom. The summed E-state index contributed by atoms with van der Waals surface area (Å²) in [6.45, 7) is 4.29. The van der Waals surface area contributed by atoms with Gasteiger partial charge in [0.2, 0.25) is 0 Å². The maximum atomic E-state index is 12.8. The third-order valence-electron chi connectivity index (χ3n) is 6.55. The van der Waals surface area contributed by atoms with Crippen molar-refractivity contribution >= 4 is 11.8 Å². The van der Waals surface area contributed by atoms with Gasteiger partial charge in [0.15, 0.2) is 0 Å². The van der Waals surface area contributed by atoms with Crippen LogP contribution in [0.2, 0.25) is 0 Å². The molecule has 5 aliphatic carbocycles. The minimum atomic E-state index is -0.666. The molecule has 4 atom stereocenters. The molecular formula is C15H20O4. The second-order valence-electron chi connectivity index (χ2n) is 7.48. The fourth-order valence-corrected chi connectivity index (χ4v) is 6.30. The van der Waals surface area contributed by atoms with Crippen LogP contribution in [0.4, 0.5) is 0 Å². The number of esters is 1. The van der Waals surface area contributed by atoms with E-state index in [4.69, 9.17) is 9.47 Å². The fraction of sp³-hybridized carbons (Fsp3) is 0.867. The average Bonchev–Trinajstić information content (AvgIpc) is 3.19. The zero-order chi connectivity index (χ0) is 13.8. The molecule has 4 bridgehead atoms. The molecule has 1 spiro atoms. The van der Waals surface area contributed by atoms with Gasteiger partial charge in [-0.1, -0.05) is 13.8 Å². The second kappa shape index (κ2) is 2.76. The Balaban J connectivity index is 1.96. The van der Waals surface area contributed by atoms with Crippen molar-refractivity contribution in [3.8, 4) is 0 Å². The van der Waals surface area contributed by atoms with E-state index in [9.17, 15) is 9.59 Å². The Kier molecular flexibility index (Phi) is 1.72. The smallest absolute Gasteiger partial charge is 0.316 e. The van der Waals surface area contributed by atoms with Crippen LogP contribution in [-0.4, -0.2) is 31.6 Å². The van der Waals surface area contributed by atoms with Crippen LogP contribution in [0.25, 0.3) is 0 Å². The summed E-state index contributed by atoms with van der Waals surface area (Å²) in [5.74, 6) is -0.205. The molecule has 0 N–H and O–H groups in total. The number of carbonyl (C=O) groups excluding carboxylic acids is 2. The van der Waals surface area contributed by atoms with Gasteiger partial charge in [0, 0.05) is 18.4 Å². The molecule has 0 unspecified atom stereocenters. The molecule has 0 aromatic heterocycles. The first-order chi connectivity index (χ1) is 8.85. The average molecular weight is 264 g/mol. The maximum Gasteiger partial charge on any atom is 0.316 e. The number of carbonyl (C=O) groups is 2. The van der Waals surface area contributed by atoms with Crippen LogP contribution in [0, 0.1) is 28.1 Å². The van der Waals surface area contributed by atoms with Gasteiger partial charge in [0.05, 0.1) is 18.6 Å². The topological polar surface area (TPSA) is 52.6 Å². The van der Waals surface area contributed by atoms with Crippen molar-refractivity contribution in [2.75, 3.05) is 14.2 Å². The summed E-state index contributed by atoms with van der Waals surface area (Å²) in [5, 5.41) is 0. The summed E-state index contributed by atoms with van der Waals surface area (Å²) in [6, 6.07) is 0. The van der Waals surface area contributed by atoms with Crippen LogP contribution in [0.15, 0.2) is 0 Å². The van der Waals surface area contributed by atoms with E-state index in [0.717, 1.165) is 19.3 Å². The molecule has 5 fully saturated rings. The summed E-state index contributed by atoms with van der Waals surface area (Å²) in [7, 11) is 3.07. The van der Waals surface area contributed by atoms with Crippen molar-refractivity contribution in [1.82, 2.24) is 0 Å². The van der Waals surface area contributed by atoms with Gasteiger partial charge in [0.25, 0.3) is 0 Å². The van der Waals surface area contributed by atoms with Gasteiger partial charge in [-0.2, -0.15) is 0 Å². The number of hydrogen-bond donors (Lipinski definition) is 0. The fourth-order valence-electron chi connectivity index (χ4n) is 6.30. The van der Waals surface area contributed by atoms with Gasteiger partial charge in [0.1, 0.15) is 11.2 Å². The Hall–Kier alpha value is -0.900. The summed E-state index contributed by atoms with van der Waals surface area (Å²) in [6.07, 6.45) is 2.71. The summed E-state index contributed by atoms with van der Waals surface area (Å²) in [4.78, 5) is 25.3. The molecule has 0 aromatic rings. The van der Waals surface area contributed by atoms with Crippen molar-refractivity contribution in [2.45, 2.75) is 38.7 Å². The Morgan fingerprint density at radius 3 is 2.32 bits per heavy atom. The molecule has 104 valence electrons. The van der Waals surface area contributed by atoms with E-state index in [1.807, 2.05) is 0 Å². The highest BCUT2D eigenvalue weighted by molar-refractivity contribution is 6.07. The zero-order valence-corrected chi connectivity index (χ0v) is 11.9. The largest absolute Gasteiger partial charge is 0.468 e. The highest BCUT2D eigenvalue weighted by Crippen LogP contribution is 2.93. The molecule has 5 aliphatic rings. The standard InChI is InChI=1S/C15H20O4/c1-12(2)7-14(19-4)10-8(16)9(12)13(5-6-13)15(10,14)11(17)18-3/h9-10H,5-7H2,1-4H3/t9-,10+,14+,15+/m1/s1. The number of Topliss-reactive ketones (excluding diaryl/α,β-unsaturated/α-hetero) is 1. The Morgan fingerprint density at radius 2 is 1.84 bits per heavy atom. The zero-order valence-electron chi connectivity index (χ0n) is 11.9. The predicted molar refractivity (Wildman–Crippen MR) is 66.2 cm³/mol. The lowest BCUT2D eigenvalue weighted by Crippen LogP contribution is -2.54. The molecule has 0 aliphatic heterocycles. The lowest BCUT2D eigenvalue weighted by molar-refractivity contribution is -0.169. The molecule has 5 saturated carbocycles. The SMILES string of the molecule is COC(=O)[C@]12[C@H]3C(=O)[C@H](C(C)(C)C[C@]31OC)C21CC1. The number of ether oxygens (including phenoxy) is 2. The Labute approximate surface area is 112 Å². The summed E-state index contributed by atoms with van der Waals surface area (Å²) >= 11 is 0. The molecule has 0 saturated heterocycles. The minimum Gasteiger partial charge on any atom is -0.468 e. The lowest BCUT2D eigenvalue weighted by atomic mass is 9.56. The predicted octanol–water partition coefficient (Wildman–Crippen LogP) is 1.57. The van der Waals surface area contributed by atoms with Crippen LogP contribution < -0.4 is 0 Å². The normalized spacial score (nSPS) is 50.2. The minimum absolute atomic E-state index is 0.0149. The van der Waals surface area contributed by atoms with Crippen molar-refractivity contribution < 1.29 is 19.1 Å². The molecular weight excluding hydrogens is 244 g/mol. The quantitative estimate of drug-likeness (QED) is 0.710. The number of hydrogen-bond acceptors (Lipinski definition) is 4. The monoisotopic (exact) mass is 264 g/mol. The van der Waals surface area contributed by atoms with E-state index in [-0.39, 0.29) is 34.4 Å². The van der Waals surface area contributed by atoms with Crippen molar-refractivity contribution in [1.29, 1.82) is 0 Å². The van der Waals surface area contributed by atoms with Gasteiger partial charge in [-0.25, -0.2) is 0 Å². The maximum absolute atomic E-state index is 12.8. The molecule has 0 amide bonds. The number of ketones is 1. The Bertz CT molecular complexity index is 518. The third-order valence-corrected chi connectivity index (χ3v) is 6.55.